The molecule has 1 heterocycles. The van der Waals surface area contributed by atoms with E-state index in [-0.39, 0.29) is 23.8 Å². The number of ketones is 1. The van der Waals surface area contributed by atoms with E-state index >= 15 is 0 Å². The number of hydrogen-bond acceptors (Lipinski definition) is 4. The minimum absolute atomic E-state index is 0.0258. The Morgan fingerprint density at radius 3 is 2.02 bits per heavy atom. The number of carbonyl (C=O) groups excluding carboxylic acids is 2. The lowest BCUT2D eigenvalue weighted by Crippen LogP contribution is -2.54. The average Bonchev–Trinajstić information content (AvgIpc) is 3.26. The molecule has 44 heavy (non-hydrogen) atoms. The molecule has 1 aliphatic carbocycles. The van der Waals surface area contributed by atoms with E-state index in [1.807, 2.05) is 87.5 Å². The van der Waals surface area contributed by atoms with Gasteiger partial charge in [0.1, 0.15) is 5.60 Å². The lowest BCUT2D eigenvalue weighted by atomic mass is 9.81. The van der Waals surface area contributed by atoms with E-state index in [0.29, 0.717) is 5.92 Å². The zero-order valence-electron chi connectivity index (χ0n) is 26.6. The Bertz CT molecular complexity index is 1340. The van der Waals surface area contributed by atoms with E-state index in [1.54, 1.807) is 0 Å². The van der Waals surface area contributed by atoms with Gasteiger partial charge in [-0.3, -0.25) is 4.79 Å². The summed E-state index contributed by atoms with van der Waals surface area (Å²) < 4.78 is 0. The number of rotatable bonds is 10. The van der Waals surface area contributed by atoms with Crippen molar-refractivity contribution in [2.75, 3.05) is 19.6 Å². The summed E-state index contributed by atoms with van der Waals surface area (Å²) in [7, 11) is 0. The molecule has 0 bridgehead atoms. The Morgan fingerprint density at radius 1 is 0.841 bits per heavy atom. The van der Waals surface area contributed by atoms with E-state index in [1.165, 1.54) is 17.5 Å². The zero-order valence-corrected chi connectivity index (χ0v) is 26.6. The number of benzene rings is 3. The Labute approximate surface area is 263 Å². The first-order chi connectivity index (χ1) is 21.2. The molecule has 0 spiro atoms. The van der Waals surface area contributed by atoms with E-state index in [9.17, 15) is 14.7 Å². The van der Waals surface area contributed by atoms with Crippen LogP contribution in [0.2, 0.25) is 0 Å². The minimum atomic E-state index is -1.35. The van der Waals surface area contributed by atoms with Gasteiger partial charge in [0, 0.05) is 30.6 Å². The molecule has 6 heteroatoms. The highest BCUT2D eigenvalue weighted by Gasteiger charge is 2.38. The molecule has 234 valence electrons. The number of carbonyl (C=O) groups is 2. The van der Waals surface area contributed by atoms with Gasteiger partial charge in [0.25, 0.3) is 0 Å². The van der Waals surface area contributed by atoms with Gasteiger partial charge in [0.2, 0.25) is 0 Å². The maximum Gasteiger partial charge on any atom is 0.315 e. The fourth-order valence-electron chi connectivity index (χ4n) is 7.02. The second kappa shape index (κ2) is 14.5. The molecule has 2 amide bonds. The molecule has 1 aliphatic heterocycles. The van der Waals surface area contributed by atoms with Crippen LogP contribution in [0.5, 0.6) is 0 Å². The molecular formula is C38H49N3O3. The SMILES string of the molecule is CC(C)C(=O)c1ccc2c(c1)CCN(CCC1CCC(NC(=O)N[C@@H](C)C(O)(c3ccccc3)c3ccccc3)CC1)CC2. The van der Waals surface area contributed by atoms with Gasteiger partial charge in [-0.2, -0.15) is 0 Å². The van der Waals surface area contributed by atoms with Gasteiger partial charge in [-0.15, -0.1) is 0 Å². The molecule has 5 rings (SSSR count). The third-order valence-corrected chi connectivity index (χ3v) is 9.85. The van der Waals surface area contributed by atoms with Crippen LogP contribution in [0, 0.1) is 11.8 Å². The highest BCUT2D eigenvalue weighted by atomic mass is 16.3. The standard InChI is InChI=1S/C38H49N3O3/c1-27(2)36(42)32-17-16-30-21-24-41(25-22-31(30)26-32)23-20-29-14-18-35(19-15-29)40-37(43)39-28(3)38(44,33-10-6-4-7-11-33)34-12-8-5-9-13-34/h4-13,16-17,26-29,35,44H,14-15,18-25H2,1-3H3,(H2,39,40,43)/t28-,29?,35?/m0/s1. The van der Waals surface area contributed by atoms with Crippen LogP contribution in [-0.2, 0) is 18.4 Å². The van der Waals surface area contributed by atoms with Crippen molar-refractivity contribution >= 4 is 11.8 Å². The van der Waals surface area contributed by atoms with Crippen LogP contribution < -0.4 is 10.6 Å². The van der Waals surface area contributed by atoms with Gasteiger partial charge in [-0.1, -0.05) is 86.6 Å². The van der Waals surface area contributed by atoms with Crippen molar-refractivity contribution in [3.05, 3.63) is 107 Å². The van der Waals surface area contributed by atoms with Gasteiger partial charge in [0.05, 0.1) is 6.04 Å². The van der Waals surface area contributed by atoms with Gasteiger partial charge in [-0.05, 0) is 92.7 Å². The number of nitrogens with one attached hydrogen (secondary N) is 2. The van der Waals surface area contributed by atoms with Crippen molar-refractivity contribution in [1.82, 2.24) is 15.5 Å². The Balaban J connectivity index is 1.07. The normalized spacial score (nSPS) is 19.9. The fourth-order valence-corrected chi connectivity index (χ4v) is 7.02. The number of aliphatic hydroxyl groups is 1. The van der Waals surface area contributed by atoms with Crippen molar-refractivity contribution in [1.29, 1.82) is 0 Å². The topological polar surface area (TPSA) is 81.7 Å². The number of nitrogens with zero attached hydrogens (tertiary/aromatic N) is 1. The highest BCUT2D eigenvalue weighted by molar-refractivity contribution is 5.97. The van der Waals surface area contributed by atoms with Crippen molar-refractivity contribution in [2.24, 2.45) is 11.8 Å². The molecule has 1 atom stereocenters. The number of amides is 2. The Morgan fingerprint density at radius 2 is 1.43 bits per heavy atom. The third-order valence-electron chi connectivity index (χ3n) is 9.85. The number of hydrogen-bond donors (Lipinski definition) is 3. The molecule has 3 N–H and O–H groups in total. The quantitative estimate of drug-likeness (QED) is 0.234. The van der Waals surface area contributed by atoms with E-state index in [2.05, 4.69) is 27.7 Å². The summed E-state index contributed by atoms with van der Waals surface area (Å²) in [5.74, 6) is 0.932. The number of fused-ring (bicyclic) bond motifs is 1. The molecule has 0 saturated heterocycles. The first-order valence-electron chi connectivity index (χ1n) is 16.5. The number of Topliss-reactive ketones (excluding diaryl/α,β-unsaturated/α-hetero) is 1. The monoisotopic (exact) mass is 595 g/mol. The fraction of sp³-hybridized carbons (Fsp3) is 0.474. The maximum atomic E-state index is 13.1. The van der Waals surface area contributed by atoms with E-state index in [4.69, 9.17) is 0 Å². The lowest BCUT2D eigenvalue weighted by Gasteiger charge is -2.36. The molecule has 2 aliphatic rings. The third kappa shape index (κ3) is 7.59. The van der Waals surface area contributed by atoms with Crippen molar-refractivity contribution in [3.8, 4) is 0 Å². The Hall–Kier alpha value is -3.48. The summed E-state index contributed by atoms with van der Waals surface area (Å²) >= 11 is 0. The van der Waals surface area contributed by atoms with Crippen LogP contribution in [0.15, 0.2) is 78.9 Å². The van der Waals surface area contributed by atoms with Gasteiger partial charge in [0.15, 0.2) is 5.78 Å². The molecule has 3 aromatic rings. The van der Waals surface area contributed by atoms with Gasteiger partial charge >= 0.3 is 6.03 Å². The van der Waals surface area contributed by atoms with E-state index in [0.717, 1.165) is 74.8 Å². The summed E-state index contributed by atoms with van der Waals surface area (Å²) in [6.07, 6.45) is 7.42. The molecule has 1 saturated carbocycles. The van der Waals surface area contributed by atoms with Crippen molar-refractivity contribution in [2.45, 2.75) is 83.4 Å². The molecule has 0 unspecified atom stereocenters. The summed E-state index contributed by atoms with van der Waals surface area (Å²) in [4.78, 5) is 28.2. The zero-order chi connectivity index (χ0) is 31.1. The summed E-state index contributed by atoms with van der Waals surface area (Å²) in [5, 5.41) is 18.2. The average molecular weight is 596 g/mol. The molecular weight excluding hydrogens is 546 g/mol. The predicted octanol–water partition coefficient (Wildman–Crippen LogP) is 6.50. The molecule has 0 aromatic heterocycles. The van der Waals surface area contributed by atoms with Crippen LogP contribution in [-0.4, -0.2) is 53.5 Å². The summed E-state index contributed by atoms with van der Waals surface area (Å²) in [6, 6.07) is 24.8. The lowest BCUT2D eigenvalue weighted by molar-refractivity contribution is 0.0470. The summed E-state index contributed by atoms with van der Waals surface area (Å²) in [6.45, 7) is 9.01. The maximum absolute atomic E-state index is 13.1. The van der Waals surface area contributed by atoms with Gasteiger partial charge in [-0.25, -0.2) is 4.79 Å². The molecule has 6 nitrogen and oxygen atoms in total. The van der Waals surface area contributed by atoms with Gasteiger partial charge < -0.3 is 20.6 Å². The van der Waals surface area contributed by atoms with Crippen LogP contribution in [0.4, 0.5) is 4.79 Å². The molecule has 0 radical (unpaired) electrons. The van der Waals surface area contributed by atoms with Crippen molar-refractivity contribution in [3.63, 3.8) is 0 Å². The largest absolute Gasteiger partial charge is 0.378 e. The number of urea groups is 1. The van der Waals surface area contributed by atoms with Crippen LogP contribution in [0.1, 0.15) is 85.5 Å². The Kier molecular flexibility index (Phi) is 10.5. The first-order valence-corrected chi connectivity index (χ1v) is 16.5. The second-order valence-corrected chi connectivity index (χ2v) is 13.2. The molecule has 3 aromatic carbocycles. The predicted molar refractivity (Wildman–Crippen MR) is 177 cm³/mol. The smallest absolute Gasteiger partial charge is 0.315 e. The first kappa shape index (κ1) is 31.9. The minimum Gasteiger partial charge on any atom is -0.378 e. The van der Waals surface area contributed by atoms with Crippen LogP contribution in [0.25, 0.3) is 0 Å². The van der Waals surface area contributed by atoms with E-state index < -0.39 is 11.6 Å². The van der Waals surface area contributed by atoms with Crippen LogP contribution in [0.3, 0.4) is 0 Å². The molecule has 1 fully saturated rings. The van der Waals surface area contributed by atoms with Crippen molar-refractivity contribution < 1.29 is 14.7 Å². The highest BCUT2D eigenvalue weighted by Crippen LogP contribution is 2.33. The van der Waals surface area contributed by atoms with Crippen LogP contribution >= 0.6 is 0 Å². The second-order valence-electron chi connectivity index (χ2n) is 13.2. The summed E-state index contributed by atoms with van der Waals surface area (Å²) in [5.41, 5.74) is 3.73.